The molecule has 2 aromatic rings. The first-order chi connectivity index (χ1) is 13.9. The van der Waals surface area contributed by atoms with Gasteiger partial charge in [0.25, 0.3) is 5.69 Å². The molecule has 0 spiro atoms. The van der Waals surface area contributed by atoms with Gasteiger partial charge in [-0.25, -0.2) is 13.1 Å². The fraction of sp³-hybridized carbons (Fsp3) is 0.333. The van der Waals surface area contributed by atoms with Crippen LogP contribution < -0.4 is 10.0 Å². The van der Waals surface area contributed by atoms with Crippen LogP contribution in [0.2, 0.25) is 0 Å². The van der Waals surface area contributed by atoms with Crippen LogP contribution in [0, 0.1) is 16.0 Å². The summed E-state index contributed by atoms with van der Waals surface area (Å²) in [5.74, 6) is 0.239. The number of hydrogen-bond donors (Lipinski definition) is 2. The molecule has 0 saturated carbocycles. The predicted molar refractivity (Wildman–Crippen MR) is 111 cm³/mol. The summed E-state index contributed by atoms with van der Waals surface area (Å²) in [6.07, 6.45) is 5.77. The number of anilines is 1. The van der Waals surface area contributed by atoms with Gasteiger partial charge in [-0.15, -0.1) is 0 Å². The summed E-state index contributed by atoms with van der Waals surface area (Å²) in [6.45, 7) is 2.32. The molecular formula is C21H23N3O4S. The molecule has 2 aliphatic rings. The third-order valence-electron chi connectivity index (χ3n) is 5.63. The molecular weight excluding hydrogens is 390 g/mol. The van der Waals surface area contributed by atoms with Crippen molar-refractivity contribution in [1.82, 2.24) is 4.72 Å². The average molecular weight is 413 g/mol. The van der Waals surface area contributed by atoms with E-state index in [2.05, 4.69) is 22.2 Å². The van der Waals surface area contributed by atoms with E-state index in [1.807, 2.05) is 13.0 Å². The van der Waals surface area contributed by atoms with Gasteiger partial charge in [-0.2, -0.15) is 0 Å². The van der Waals surface area contributed by atoms with Crippen LogP contribution in [-0.4, -0.2) is 19.9 Å². The van der Waals surface area contributed by atoms with Gasteiger partial charge in [0.05, 0.1) is 15.9 Å². The van der Waals surface area contributed by atoms with Crippen molar-refractivity contribution >= 4 is 21.4 Å². The van der Waals surface area contributed by atoms with Crippen molar-refractivity contribution in [2.45, 2.75) is 36.6 Å². The Hall–Kier alpha value is -2.71. The lowest BCUT2D eigenvalue weighted by atomic mass is 9.77. The third-order valence-corrected chi connectivity index (χ3v) is 7.09. The van der Waals surface area contributed by atoms with Crippen molar-refractivity contribution < 1.29 is 13.3 Å². The number of sulfonamides is 1. The van der Waals surface area contributed by atoms with E-state index in [0.29, 0.717) is 6.54 Å². The fourth-order valence-corrected chi connectivity index (χ4v) is 5.39. The first kappa shape index (κ1) is 19.6. The largest absolute Gasteiger partial charge is 0.378 e. The lowest BCUT2D eigenvalue weighted by Gasteiger charge is -2.37. The minimum atomic E-state index is -3.54. The summed E-state index contributed by atoms with van der Waals surface area (Å²) in [5, 5.41) is 14.7. The highest BCUT2D eigenvalue weighted by atomic mass is 32.2. The Labute approximate surface area is 170 Å². The molecule has 0 amide bonds. The summed E-state index contributed by atoms with van der Waals surface area (Å²) in [6, 6.07) is 11.8. The Morgan fingerprint density at radius 3 is 2.83 bits per heavy atom. The lowest BCUT2D eigenvalue weighted by molar-refractivity contribution is -0.384. The van der Waals surface area contributed by atoms with E-state index >= 15 is 0 Å². The van der Waals surface area contributed by atoms with Gasteiger partial charge in [0.1, 0.15) is 0 Å². The smallest absolute Gasteiger partial charge is 0.269 e. The van der Waals surface area contributed by atoms with Gasteiger partial charge < -0.3 is 5.32 Å². The second-order valence-corrected chi connectivity index (χ2v) is 9.24. The number of rotatable bonds is 6. The molecule has 3 unspecified atom stereocenters. The van der Waals surface area contributed by atoms with Crippen molar-refractivity contribution in [3.63, 3.8) is 0 Å². The van der Waals surface area contributed by atoms with Crippen LogP contribution in [0.5, 0.6) is 0 Å². The normalized spacial score (nSPS) is 22.6. The number of benzene rings is 2. The molecule has 0 saturated heterocycles. The van der Waals surface area contributed by atoms with Crippen LogP contribution >= 0.6 is 0 Å². The minimum absolute atomic E-state index is 0.0665. The number of nitrogens with one attached hydrogen (secondary N) is 2. The fourth-order valence-electron chi connectivity index (χ4n) is 4.22. The van der Waals surface area contributed by atoms with Crippen LogP contribution in [-0.2, 0) is 10.0 Å². The second-order valence-electron chi connectivity index (χ2n) is 7.47. The van der Waals surface area contributed by atoms with Crippen LogP contribution in [0.4, 0.5) is 11.4 Å². The second kappa shape index (κ2) is 7.61. The van der Waals surface area contributed by atoms with Gasteiger partial charge in [-0.1, -0.05) is 31.2 Å². The first-order valence-electron chi connectivity index (χ1n) is 9.72. The molecule has 2 aromatic carbocycles. The zero-order chi connectivity index (χ0) is 20.6. The molecule has 1 heterocycles. The highest BCUT2D eigenvalue weighted by Gasteiger charge is 2.38. The van der Waals surface area contributed by atoms with E-state index in [0.717, 1.165) is 29.7 Å². The van der Waals surface area contributed by atoms with Crippen LogP contribution in [0.25, 0.3) is 0 Å². The zero-order valence-electron chi connectivity index (χ0n) is 16.0. The van der Waals surface area contributed by atoms with Crippen LogP contribution in [0.3, 0.4) is 0 Å². The molecule has 1 aliphatic carbocycles. The van der Waals surface area contributed by atoms with Crippen molar-refractivity contribution in [3.05, 3.63) is 75.9 Å². The van der Waals surface area contributed by atoms with E-state index in [4.69, 9.17) is 0 Å². The Morgan fingerprint density at radius 1 is 1.24 bits per heavy atom. The Bertz CT molecular complexity index is 1080. The summed E-state index contributed by atoms with van der Waals surface area (Å²) in [4.78, 5) is 11.1. The van der Waals surface area contributed by atoms with Crippen LogP contribution in [0.15, 0.2) is 59.5 Å². The van der Waals surface area contributed by atoms with Gasteiger partial charge in [-0.05, 0) is 48.1 Å². The molecule has 7 nitrogen and oxygen atoms in total. The standard InChI is InChI=1S/C21H23N3O4S/c1-2-11-22-29(27,28)16-9-10-20-19(13-16)17-7-4-8-18(17)21(23-20)14-5-3-6-15(12-14)24(25)26/h3-7,9-10,12-13,17-18,21-23H,2,8,11H2,1H3. The van der Waals surface area contributed by atoms with Crippen molar-refractivity contribution in [2.24, 2.45) is 5.92 Å². The molecule has 3 atom stereocenters. The molecule has 4 rings (SSSR count). The topological polar surface area (TPSA) is 101 Å². The molecule has 0 fully saturated rings. The van der Waals surface area contributed by atoms with E-state index in [-0.39, 0.29) is 33.4 Å². The minimum Gasteiger partial charge on any atom is -0.378 e. The maximum atomic E-state index is 12.5. The Morgan fingerprint density at radius 2 is 2.07 bits per heavy atom. The zero-order valence-corrected chi connectivity index (χ0v) is 16.9. The summed E-state index contributed by atoms with van der Waals surface area (Å²) in [7, 11) is -3.54. The monoisotopic (exact) mass is 413 g/mol. The van der Waals surface area contributed by atoms with Gasteiger partial charge >= 0.3 is 0 Å². The maximum Gasteiger partial charge on any atom is 0.269 e. The highest BCUT2D eigenvalue weighted by Crippen LogP contribution is 2.50. The molecule has 0 bridgehead atoms. The van der Waals surface area contributed by atoms with Gasteiger partial charge in [0, 0.05) is 30.3 Å². The molecule has 2 N–H and O–H groups in total. The van der Waals surface area contributed by atoms with Gasteiger partial charge in [0.2, 0.25) is 10.0 Å². The number of hydrogen-bond acceptors (Lipinski definition) is 5. The average Bonchev–Trinajstić information content (AvgIpc) is 3.21. The first-order valence-corrected chi connectivity index (χ1v) is 11.2. The van der Waals surface area contributed by atoms with Crippen molar-refractivity contribution in [1.29, 1.82) is 0 Å². The third kappa shape index (κ3) is 3.65. The van der Waals surface area contributed by atoms with E-state index in [1.54, 1.807) is 30.3 Å². The summed E-state index contributed by atoms with van der Waals surface area (Å²) >= 11 is 0. The molecule has 29 heavy (non-hydrogen) atoms. The summed E-state index contributed by atoms with van der Waals surface area (Å²) in [5.41, 5.74) is 2.75. The number of allylic oxidation sites excluding steroid dienone is 2. The predicted octanol–water partition coefficient (Wildman–Crippen LogP) is 4.11. The number of nitrogens with zero attached hydrogens (tertiary/aromatic N) is 1. The SMILES string of the molecule is CCCNS(=O)(=O)c1ccc2c(c1)C1C=CCC1C(c1cccc([N+](=O)[O-])c1)N2. The quantitative estimate of drug-likeness (QED) is 0.422. The van der Waals surface area contributed by atoms with E-state index < -0.39 is 10.0 Å². The highest BCUT2D eigenvalue weighted by molar-refractivity contribution is 7.89. The Balaban J connectivity index is 1.71. The van der Waals surface area contributed by atoms with Crippen molar-refractivity contribution in [3.8, 4) is 0 Å². The van der Waals surface area contributed by atoms with Crippen LogP contribution in [0.1, 0.15) is 42.9 Å². The number of non-ortho nitro benzene ring substituents is 1. The molecule has 152 valence electrons. The van der Waals surface area contributed by atoms with Gasteiger partial charge in [-0.3, -0.25) is 10.1 Å². The number of fused-ring (bicyclic) bond motifs is 3. The number of nitro groups is 1. The van der Waals surface area contributed by atoms with E-state index in [1.165, 1.54) is 6.07 Å². The van der Waals surface area contributed by atoms with Crippen molar-refractivity contribution in [2.75, 3.05) is 11.9 Å². The lowest BCUT2D eigenvalue weighted by Crippen LogP contribution is -2.30. The van der Waals surface area contributed by atoms with Gasteiger partial charge in [0.15, 0.2) is 0 Å². The molecule has 1 aliphatic heterocycles. The van der Waals surface area contributed by atoms with E-state index in [9.17, 15) is 18.5 Å². The molecule has 0 aromatic heterocycles. The Kier molecular flexibility index (Phi) is 5.14. The maximum absolute atomic E-state index is 12.5. The molecule has 0 radical (unpaired) electrons. The molecule has 8 heteroatoms. The summed E-state index contributed by atoms with van der Waals surface area (Å²) < 4.78 is 27.7. The number of nitro benzene ring substituents is 1.